The molecular formula is C18H20N2O3S. The number of benzene rings is 1. The van der Waals surface area contributed by atoms with E-state index in [9.17, 15) is 4.79 Å². The van der Waals surface area contributed by atoms with Gasteiger partial charge in [0.2, 0.25) is 5.91 Å². The zero-order valence-electron chi connectivity index (χ0n) is 14.2. The van der Waals surface area contributed by atoms with Gasteiger partial charge in [-0.15, -0.1) is 11.8 Å². The van der Waals surface area contributed by atoms with Crippen molar-refractivity contribution in [3.8, 4) is 11.5 Å². The van der Waals surface area contributed by atoms with E-state index in [2.05, 4.69) is 4.98 Å². The molecule has 0 N–H and O–H groups in total. The summed E-state index contributed by atoms with van der Waals surface area (Å²) in [5, 5.41) is -0.225. The molecule has 5 nitrogen and oxygen atoms in total. The van der Waals surface area contributed by atoms with Gasteiger partial charge in [0.25, 0.3) is 0 Å². The number of hydrogen-bond donors (Lipinski definition) is 0. The Morgan fingerprint density at radius 1 is 1.17 bits per heavy atom. The smallest absolute Gasteiger partial charge is 0.239 e. The monoisotopic (exact) mass is 344 g/mol. The van der Waals surface area contributed by atoms with Gasteiger partial charge in [0, 0.05) is 5.69 Å². The summed E-state index contributed by atoms with van der Waals surface area (Å²) in [5.41, 5.74) is 2.83. The first kappa shape index (κ1) is 16.6. The standard InChI is InChI=1S/C18H20N2O3S/c1-11-8-12(2)19-15(9-11)20-16(21)10-24-18(20)17-13(22-3)6-5-7-14(17)23-4/h5-9,18H,10H2,1-4H3. The Labute approximate surface area is 146 Å². The fourth-order valence-corrected chi connectivity index (χ4v) is 4.17. The lowest BCUT2D eigenvalue weighted by atomic mass is 10.1. The Morgan fingerprint density at radius 3 is 2.42 bits per heavy atom. The summed E-state index contributed by atoms with van der Waals surface area (Å²) in [6.07, 6.45) is 0. The number of hydrogen-bond acceptors (Lipinski definition) is 5. The first-order valence-electron chi connectivity index (χ1n) is 7.65. The Morgan fingerprint density at radius 2 is 1.83 bits per heavy atom. The Bertz CT molecular complexity index is 736. The molecule has 1 amide bonds. The summed E-state index contributed by atoms with van der Waals surface area (Å²) in [6.45, 7) is 3.94. The molecule has 1 saturated heterocycles. The molecule has 1 aliphatic rings. The number of carbonyl (C=O) groups excluding carboxylic acids is 1. The molecule has 126 valence electrons. The molecule has 24 heavy (non-hydrogen) atoms. The van der Waals surface area contributed by atoms with Crippen molar-refractivity contribution in [2.75, 3.05) is 24.9 Å². The van der Waals surface area contributed by atoms with Crippen molar-refractivity contribution in [3.63, 3.8) is 0 Å². The SMILES string of the molecule is COc1cccc(OC)c1C1SCC(=O)N1c1cc(C)cc(C)n1. The second-order valence-electron chi connectivity index (χ2n) is 5.65. The minimum absolute atomic E-state index is 0.0375. The number of amides is 1. The summed E-state index contributed by atoms with van der Waals surface area (Å²) >= 11 is 1.55. The van der Waals surface area contributed by atoms with Gasteiger partial charge in [-0.05, 0) is 43.7 Å². The van der Waals surface area contributed by atoms with Crippen LogP contribution in [0.25, 0.3) is 0 Å². The molecular weight excluding hydrogens is 324 g/mol. The van der Waals surface area contributed by atoms with Gasteiger partial charge < -0.3 is 9.47 Å². The van der Waals surface area contributed by atoms with Gasteiger partial charge in [-0.3, -0.25) is 9.69 Å². The number of carbonyl (C=O) groups is 1. The molecule has 0 radical (unpaired) electrons. The largest absolute Gasteiger partial charge is 0.496 e. The van der Waals surface area contributed by atoms with Crippen molar-refractivity contribution in [2.24, 2.45) is 0 Å². The highest BCUT2D eigenvalue weighted by molar-refractivity contribution is 8.00. The molecule has 0 saturated carbocycles. The number of aryl methyl sites for hydroxylation is 2. The van der Waals surface area contributed by atoms with Gasteiger partial charge in [-0.25, -0.2) is 4.98 Å². The second-order valence-corrected chi connectivity index (χ2v) is 6.72. The quantitative estimate of drug-likeness (QED) is 0.850. The zero-order valence-corrected chi connectivity index (χ0v) is 15.0. The van der Waals surface area contributed by atoms with E-state index in [1.807, 2.05) is 44.2 Å². The van der Waals surface area contributed by atoms with E-state index in [0.29, 0.717) is 23.1 Å². The summed E-state index contributed by atoms with van der Waals surface area (Å²) in [5.74, 6) is 2.52. The maximum atomic E-state index is 12.6. The third kappa shape index (κ3) is 2.94. The lowest BCUT2D eigenvalue weighted by Gasteiger charge is -2.26. The number of aromatic nitrogens is 1. The number of methoxy groups -OCH3 is 2. The van der Waals surface area contributed by atoms with E-state index in [4.69, 9.17) is 9.47 Å². The minimum atomic E-state index is -0.225. The summed E-state index contributed by atoms with van der Waals surface area (Å²) < 4.78 is 11.0. The average Bonchev–Trinajstić information content (AvgIpc) is 2.94. The van der Waals surface area contributed by atoms with Crippen molar-refractivity contribution in [1.82, 2.24) is 4.98 Å². The van der Waals surface area contributed by atoms with Gasteiger partial charge in [0.05, 0.1) is 25.5 Å². The molecule has 2 heterocycles. The van der Waals surface area contributed by atoms with E-state index >= 15 is 0 Å². The maximum Gasteiger partial charge on any atom is 0.239 e. The number of nitrogens with zero attached hydrogens (tertiary/aromatic N) is 2. The predicted octanol–water partition coefficient (Wildman–Crippen LogP) is 3.49. The third-order valence-electron chi connectivity index (χ3n) is 3.91. The second kappa shape index (κ2) is 6.73. The number of pyridine rings is 1. The average molecular weight is 344 g/mol. The van der Waals surface area contributed by atoms with Gasteiger partial charge in [-0.1, -0.05) is 6.07 Å². The zero-order chi connectivity index (χ0) is 17.3. The molecule has 1 aliphatic heterocycles. The highest BCUT2D eigenvalue weighted by Gasteiger charge is 2.38. The van der Waals surface area contributed by atoms with Crippen LogP contribution in [-0.4, -0.2) is 30.9 Å². The van der Waals surface area contributed by atoms with Crippen molar-refractivity contribution in [3.05, 3.63) is 47.2 Å². The topological polar surface area (TPSA) is 51.7 Å². The fourth-order valence-electron chi connectivity index (χ4n) is 2.95. The lowest BCUT2D eigenvalue weighted by molar-refractivity contribution is -0.115. The van der Waals surface area contributed by atoms with E-state index in [1.54, 1.807) is 30.9 Å². The van der Waals surface area contributed by atoms with Crippen LogP contribution in [0.15, 0.2) is 30.3 Å². The van der Waals surface area contributed by atoms with Crippen LogP contribution >= 0.6 is 11.8 Å². The first-order valence-corrected chi connectivity index (χ1v) is 8.70. The molecule has 1 unspecified atom stereocenters. The van der Waals surface area contributed by atoms with Gasteiger partial charge in [-0.2, -0.15) is 0 Å². The lowest BCUT2D eigenvalue weighted by Crippen LogP contribution is -2.29. The van der Waals surface area contributed by atoms with E-state index < -0.39 is 0 Å². The van der Waals surface area contributed by atoms with Gasteiger partial charge in [0.15, 0.2) is 0 Å². The Balaban J connectivity index is 2.12. The summed E-state index contributed by atoms with van der Waals surface area (Å²) in [4.78, 5) is 18.9. The number of rotatable bonds is 4. The molecule has 1 aromatic heterocycles. The highest BCUT2D eigenvalue weighted by Crippen LogP contribution is 2.48. The van der Waals surface area contributed by atoms with Crippen LogP contribution in [0, 0.1) is 13.8 Å². The molecule has 0 spiro atoms. The Kier molecular flexibility index (Phi) is 4.66. The van der Waals surface area contributed by atoms with Crippen LogP contribution in [0.1, 0.15) is 22.2 Å². The maximum absolute atomic E-state index is 12.6. The highest BCUT2D eigenvalue weighted by atomic mass is 32.2. The van der Waals surface area contributed by atoms with Crippen LogP contribution in [0.2, 0.25) is 0 Å². The van der Waals surface area contributed by atoms with Crippen molar-refractivity contribution in [2.45, 2.75) is 19.2 Å². The predicted molar refractivity (Wildman–Crippen MR) is 95.9 cm³/mol. The summed E-state index contributed by atoms with van der Waals surface area (Å²) in [6, 6.07) is 9.58. The molecule has 1 atom stereocenters. The van der Waals surface area contributed by atoms with Crippen LogP contribution in [0.3, 0.4) is 0 Å². The minimum Gasteiger partial charge on any atom is -0.496 e. The van der Waals surface area contributed by atoms with Crippen molar-refractivity contribution >= 4 is 23.5 Å². The molecule has 0 bridgehead atoms. The van der Waals surface area contributed by atoms with Crippen molar-refractivity contribution in [1.29, 1.82) is 0 Å². The number of anilines is 1. The normalized spacial score (nSPS) is 17.2. The molecule has 6 heteroatoms. The molecule has 1 fully saturated rings. The number of thioether (sulfide) groups is 1. The molecule has 3 rings (SSSR count). The van der Waals surface area contributed by atoms with Crippen molar-refractivity contribution < 1.29 is 14.3 Å². The van der Waals surface area contributed by atoms with Crippen LogP contribution < -0.4 is 14.4 Å². The Hall–Kier alpha value is -2.21. The molecule has 0 aliphatic carbocycles. The van der Waals surface area contributed by atoms with Gasteiger partial charge >= 0.3 is 0 Å². The first-order chi connectivity index (χ1) is 11.5. The van der Waals surface area contributed by atoms with E-state index in [1.165, 1.54) is 0 Å². The van der Waals surface area contributed by atoms with E-state index in [-0.39, 0.29) is 11.3 Å². The van der Waals surface area contributed by atoms with Crippen LogP contribution in [0.5, 0.6) is 11.5 Å². The number of ether oxygens (including phenoxy) is 2. The van der Waals surface area contributed by atoms with Gasteiger partial charge in [0.1, 0.15) is 22.7 Å². The third-order valence-corrected chi connectivity index (χ3v) is 5.09. The van der Waals surface area contributed by atoms with Crippen LogP contribution in [-0.2, 0) is 4.79 Å². The van der Waals surface area contributed by atoms with Crippen LogP contribution in [0.4, 0.5) is 5.82 Å². The molecule has 1 aromatic carbocycles. The molecule has 2 aromatic rings. The summed E-state index contributed by atoms with van der Waals surface area (Å²) in [7, 11) is 3.25. The fraction of sp³-hybridized carbons (Fsp3) is 0.333. The van der Waals surface area contributed by atoms with E-state index in [0.717, 1.165) is 16.8 Å².